The Morgan fingerprint density at radius 1 is 0.548 bits per heavy atom. The minimum Gasteiger partial charge on any atom is -0.394 e. The number of carbonyl (C=O) groups is 2. The van der Waals surface area contributed by atoms with E-state index in [4.69, 9.17) is 18.9 Å². The normalized spacial score (nSPS) is 26.5. The van der Waals surface area contributed by atoms with E-state index in [1.165, 1.54) is 135 Å². The van der Waals surface area contributed by atoms with Gasteiger partial charge >= 0.3 is 0 Å². The maximum Gasteiger partial charge on any atom is 0.249 e. The molecule has 2 heterocycles. The summed E-state index contributed by atoms with van der Waals surface area (Å²) in [5.41, 5.74) is 0. The average molecular weight is 1050 g/mol. The summed E-state index contributed by atoms with van der Waals surface area (Å²) in [6, 6.07) is -2.67. The predicted molar refractivity (Wildman–Crippen MR) is 282 cm³/mol. The zero-order chi connectivity index (χ0) is 53.8. The molecule has 17 heteroatoms. The standard InChI is InChI=1S/C56H108N2O15/c1-5-7-8-9-10-11-12-13-14-15-16-17-18-19-24-27-30-33-36-44(63)54(69)58-42(48(64)43(62)35-32-29-26-23-21-20-22-25-28-31-34-40(3)6-2)39-70-56-52(68)51(67)53(46(38-60)72-56)73-55-47(57-41(4)61)50(66)49(65)45(37-59)71-55/h40,42-53,55-56,59-60,62-68H,5-39H2,1-4H3,(H,57,61)(H,58,69). The van der Waals surface area contributed by atoms with E-state index in [1.54, 1.807) is 0 Å². The summed E-state index contributed by atoms with van der Waals surface area (Å²) in [5.74, 6) is -0.575. The van der Waals surface area contributed by atoms with E-state index in [2.05, 4.69) is 31.4 Å². The molecule has 17 nitrogen and oxygen atoms in total. The summed E-state index contributed by atoms with van der Waals surface area (Å²) in [4.78, 5) is 25.4. The highest BCUT2D eigenvalue weighted by Crippen LogP contribution is 2.30. The Labute approximate surface area is 440 Å². The van der Waals surface area contributed by atoms with E-state index in [9.17, 15) is 55.5 Å². The molecule has 0 bridgehead atoms. The van der Waals surface area contributed by atoms with Crippen molar-refractivity contribution in [3.05, 3.63) is 0 Å². The number of hydrogen-bond acceptors (Lipinski definition) is 15. The number of hydrogen-bond donors (Lipinski definition) is 11. The molecule has 0 aliphatic carbocycles. The molecular weight excluding hydrogens is 941 g/mol. The molecule has 0 saturated carbocycles. The second-order valence-corrected chi connectivity index (χ2v) is 21.7. The van der Waals surface area contributed by atoms with Crippen molar-refractivity contribution in [3.63, 3.8) is 0 Å². The van der Waals surface area contributed by atoms with Crippen LogP contribution >= 0.6 is 0 Å². The van der Waals surface area contributed by atoms with Gasteiger partial charge in [-0.3, -0.25) is 9.59 Å². The van der Waals surface area contributed by atoms with E-state index in [0.29, 0.717) is 12.8 Å². The van der Waals surface area contributed by atoms with Crippen molar-refractivity contribution < 1.29 is 74.5 Å². The molecule has 0 aromatic rings. The third kappa shape index (κ3) is 28.0. The van der Waals surface area contributed by atoms with Gasteiger partial charge in [0.05, 0.1) is 32.0 Å². The maximum atomic E-state index is 13.4. The first-order chi connectivity index (χ1) is 35.2. The maximum absolute atomic E-state index is 13.4. The molecule has 2 aliphatic heterocycles. The molecule has 0 aromatic heterocycles. The van der Waals surface area contributed by atoms with E-state index in [0.717, 1.165) is 57.8 Å². The smallest absolute Gasteiger partial charge is 0.249 e. The highest BCUT2D eigenvalue weighted by Gasteiger charge is 2.51. The van der Waals surface area contributed by atoms with E-state index in [1.807, 2.05) is 0 Å². The second kappa shape index (κ2) is 41.5. The van der Waals surface area contributed by atoms with Crippen LogP contribution in [0.1, 0.15) is 233 Å². The monoisotopic (exact) mass is 1050 g/mol. The van der Waals surface area contributed by atoms with Crippen molar-refractivity contribution in [1.29, 1.82) is 0 Å². The first-order valence-corrected chi connectivity index (χ1v) is 29.3. The van der Waals surface area contributed by atoms with Gasteiger partial charge in [0, 0.05) is 6.92 Å². The third-order valence-electron chi connectivity index (χ3n) is 15.2. The van der Waals surface area contributed by atoms with Crippen LogP contribution in [0, 0.1) is 5.92 Å². The molecule has 0 spiro atoms. The summed E-state index contributed by atoms with van der Waals surface area (Å²) in [7, 11) is 0. The topological polar surface area (TPSA) is 277 Å². The molecular formula is C56H108N2O15. The molecule has 0 radical (unpaired) electrons. The zero-order valence-electron chi connectivity index (χ0n) is 45.9. The van der Waals surface area contributed by atoms with Crippen molar-refractivity contribution in [2.75, 3.05) is 19.8 Å². The zero-order valence-corrected chi connectivity index (χ0v) is 45.9. The van der Waals surface area contributed by atoms with Gasteiger partial charge < -0.3 is 75.5 Å². The number of rotatable bonds is 45. The fourth-order valence-electron chi connectivity index (χ4n) is 10.1. The Kier molecular flexibility index (Phi) is 38.4. The van der Waals surface area contributed by atoms with E-state index in [-0.39, 0.29) is 12.8 Å². The van der Waals surface area contributed by atoms with Crippen LogP contribution in [0.25, 0.3) is 0 Å². The van der Waals surface area contributed by atoms with Crippen molar-refractivity contribution in [2.45, 2.75) is 319 Å². The minimum atomic E-state index is -1.86. The van der Waals surface area contributed by atoms with Crippen LogP contribution in [0.15, 0.2) is 0 Å². The molecule has 15 atom stereocenters. The van der Waals surface area contributed by atoms with Crippen LogP contribution < -0.4 is 10.6 Å². The molecule has 73 heavy (non-hydrogen) atoms. The molecule has 2 fully saturated rings. The average Bonchev–Trinajstić information content (AvgIpc) is 3.38. The Balaban J connectivity index is 1.92. The highest BCUT2D eigenvalue weighted by molar-refractivity contribution is 5.80. The summed E-state index contributed by atoms with van der Waals surface area (Å²) >= 11 is 0. The lowest BCUT2D eigenvalue weighted by atomic mass is 9.95. The van der Waals surface area contributed by atoms with Gasteiger partial charge in [0.1, 0.15) is 61.0 Å². The molecule has 2 aliphatic rings. The molecule has 0 aromatic carbocycles. The van der Waals surface area contributed by atoms with Gasteiger partial charge in [-0.05, 0) is 18.8 Å². The number of aliphatic hydroxyl groups excluding tert-OH is 9. The van der Waals surface area contributed by atoms with Crippen LogP contribution in [-0.4, -0.2) is 163 Å². The van der Waals surface area contributed by atoms with Crippen LogP contribution in [0.4, 0.5) is 0 Å². The lowest BCUT2D eigenvalue weighted by molar-refractivity contribution is -0.347. The lowest BCUT2D eigenvalue weighted by Gasteiger charge is -2.47. The summed E-state index contributed by atoms with van der Waals surface area (Å²) < 4.78 is 23.2. The molecule has 11 N–H and O–H groups in total. The van der Waals surface area contributed by atoms with Gasteiger partial charge in [-0.15, -0.1) is 0 Å². The van der Waals surface area contributed by atoms with Crippen LogP contribution in [0.5, 0.6) is 0 Å². The van der Waals surface area contributed by atoms with Crippen LogP contribution in [-0.2, 0) is 28.5 Å². The highest BCUT2D eigenvalue weighted by atomic mass is 16.7. The number of ether oxygens (including phenoxy) is 4. The van der Waals surface area contributed by atoms with Crippen molar-refractivity contribution in [1.82, 2.24) is 10.6 Å². The Hall–Kier alpha value is -1.58. The number of unbranched alkanes of at least 4 members (excludes halogenated alkanes) is 26. The van der Waals surface area contributed by atoms with Crippen LogP contribution in [0.2, 0.25) is 0 Å². The van der Waals surface area contributed by atoms with Gasteiger partial charge in [0.2, 0.25) is 11.8 Å². The number of amides is 2. The van der Waals surface area contributed by atoms with Crippen LogP contribution in [0.3, 0.4) is 0 Å². The predicted octanol–water partition coefficient (Wildman–Crippen LogP) is 6.50. The van der Waals surface area contributed by atoms with Crippen molar-refractivity contribution in [3.8, 4) is 0 Å². The van der Waals surface area contributed by atoms with Crippen molar-refractivity contribution >= 4 is 11.8 Å². The molecule has 15 unspecified atom stereocenters. The fourth-order valence-corrected chi connectivity index (χ4v) is 10.1. The van der Waals surface area contributed by atoms with Gasteiger partial charge in [-0.2, -0.15) is 0 Å². The Bertz CT molecular complexity index is 1350. The fraction of sp³-hybridized carbons (Fsp3) is 0.964. The van der Waals surface area contributed by atoms with Crippen molar-refractivity contribution in [2.24, 2.45) is 5.92 Å². The summed E-state index contributed by atoms with van der Waals surface area (Å²) in [6.07, 6.45) is 17.3. The third-order valence-corrected chi connectivity index (χ3v) is 15.2. The first kappa shape index (κ1) is 67.5. The number of carbonyl (C=O) groups excluding carboxylic acids is 2. The van der Waals surface area contributed by atoms with Gasteiger partial charge in [-0.1, -0.05) is 213 Å². The van der Waals surface area contributed by atoms with Gasteiger partial charge in [0.25, 0.3) is 0 Å². The minimum absolute atomic E-state index is 0.202. The SMILES string of the molecule is CCCCCCCCCCCCCCCCCCCCC(O)C(=O)NC(COC1OC(CO)C(OC2OC(CO)C(O)C(O)C2NC(C)=O)C(O)C1O)C(O)C(O)CCCCCCCCCCCCC(C)CC. The largest absolute Gasteiger partial charge is 0.394 e. The molecule has 2 saturated heterocycles. The Morgan fingerprint density at radius 3 is 1.44 bits per heavy atom. The summed E-state index contributed by atoms with van der Waals surface area (Å²) in [5, 5.41) is 102. The summed E-state index contributed by atoms with van der Waals surface area (Å²) in [6.45, 7) is 5.92. The first-order valence-electron chi connectivity index (χ1n) is 29.3. The van der Waals surface area contributed by atoms with E-state index >= 15 is 0 Å². The number of nitrogens with one attached hydrogen (secondary N) is 2. The molecule has 2 rings (SSSR count). The number of aliphatic hydroxyl groups is 9. The lowest BCUT2D eigenvalue weighted by Crippen LogP contribution is -2.67. The van der Waals surface area contributed by atoms with E-state index < -0.39 is 117 Å². The van der Waals surface area contributed by atoms with Gasteiger partial charge in [0.15, 0.2) is 12.6 Å². The Morgan fingerprint density at radius 2 is 0.986 bits per heavy atom. The quantitative estimate of drug-likeness (QED) is 0.0291. The molecule has 432 valence electrons. The van der Waals surface area contributed by atoms with Gasteiger partial charge in [-0.25, -0.2) is 0 Å². The molecule has 2 amide bonds. The second-order valence-electron chi connectivity index (χ2n) is 21.7.